The molecule has 2 rings (SSSR count). The van der Waals surface area contributed by atoms with Gasteiger partial charge >= 0.3 is 0 Å². The Bertz CT molecular complexity index is 588. The maximum Gasteiger partial charge on any atom is 0.133 e. The van der Waals surface area contributed by atoms with Gasteiger partial charge in [0.25, 0.3) is 0 Å². The summed E-state index contributed by atoms with van der Waals surface area (Å²) in [6.45, 7) is 4.06. The topological polar surface area (TPSA) is 44.5 Å². The number of nitrogen functional groups attached to an aromatic ring is 1. The van der Waals surface area contributed by atoms with E-state index in [1.54, 1.807) is 19.2 Å². The third-order valence-corrected chi connectivity index (χ3v) is 4.03. The van der Waals surface area contributed by atoms with Crippen LogP contribution in [0.15, 0.2) is 34.8 Å². The zero-order valence-electron chi connectivity index (χ0n) is 11.2. The van der Waals surface area contributed by atoms with Gasteiger partial charge in [-0.25, -0.2) is 0 Å². The van der Waals surface area contributed by atoms with Gasteiger partial charge in [-0.1, -0.05) is 15.9 Å². The molecule has 0 spiro atoms. The summed E-state index contributed by atoms with van der Waals surface area (Å²) in [4.78, 5) is 0. The van der Waals surface area contributed by atoms with E-state index >= 15 is 0 Å². The van der Waals surface area contributed by atoms with Crippen molar-refractivity contribution in [3.8, 4) is 17.2 Å². The van der Waals surface area contributed by atoms with Crippen molar-refractivity contribution in [1.29, 1.82) is 0 Å². The zero-order valence-corrected chi connectivity index (χ0v) is 12.7. The standard InChI is InChI=1S/C15H16BrNO2/c1-9-4-13(5-10(2)15(9)16)19-14-7-11(17)6-12(8-14)18-3/h4-8H,17H2,1-3H3. The minimum Gasteiger partial charge on any atom is -0.497 e. The lowest BCUT2D eigenvalue weighted by Crippen LogP contribution is -1.92. The average Bonchev–Trinajstić information content (AvgIpc) is 2.35. The molecule has 0 aliphatic rings. The molecule has 0 fully saturated rings. The van der Waals surface area contributed by atoms with E-state index in [-0.39, 0.29) is 0 Å². The zero-order chi connectivity index (χ0) is 14.0. The Balaban J connectivity index is 2.33. The molecule has 0 saturated heterocycles. The number of anilines is 1. The molecule has 0 aliphatic carbocycles. The average molecular weight is 322 g/mol. The molecule has 0 amide bonds. The molecule has 0 bridgehead atoms. The molecule has 2 aromatic carbocycles. The van der Waals surface area contributed by atoms with Gasteiger partial charge in [-0.3, -0.25) is 0 Å². The highest BCUT2D eigenvalue weighted by Crippen LogP contribution is 2.32. The number of ether oxygens (including phenoxy) is 2. The van der Waals surface area contributed by atoms with Gasteiger partial charge in [-0.05, 0) is 37.1 Å². The molecule has 0 radical (unpaired) electrons. The van der Waals surface area contributed by atoms with Crippen LogP contribution in [-0.2, 0) is 0 Å². The van der Waals surface area contributed by atoms with Crippen LogP contribution in [0, 0.1) is 13.8 Å². The molecule has 3 nitrogen and oxygen atoms in total. The van der Waals surface area contributed by atoms with Crippen LogP contribution in [0.5, 0.6) is 17.2 Å². The number of rotatable bonds is 3. The SMILES string of the molecule is COc1cc(N)cc(Oc2cc(C)c(Br)c(C)c2)c1. The third kappa shape index (κ3) is 3.20. The first kappa shape index (κ1) is 13.7. The van der Waals surface area contributed by atoms with Crippen LogP contribution >= 0.6 is 15.9 Å². The molecule has 4 heteroatoms. The van der Waals surface area contributed by atoms with Gasteiger partial charge in [0.15, 0.2) is 0 Å². The first-order valence-corrected chi connectivity index (χ1v) is 6.68. The lowest BCUT2D eigenvalue weighted by molar-refractivity contribution is 0.409. The Morgan fingerprint density at radius 3 is 2.00 bits per heavy atom. The molecule has 100 valence electrons. The Hall–Kier alpha value is -1.68. The van der Waals surface area contributed by atoms with E-state index in [0.717, 1.165) is 21.3 Å². The largest absolute Gasteiger partial charge is 0.497 e. The summed E-state index contributed by atoms with van der Waals surface area (Å²) < 4.78 is 12.1. The predicted molar refractivity (Wildman–Crippen MR) is 81.1 cm³/mol. The van der Waals surface area contributed by atoms with Crippen molar-refractivity contribution in [1.82, 2.24) is 0 Å². The summed E-state index contributed by atoms with van der Waals surface area (Å²) in [5.74, 6) is 2.13. The Morgan fingerprint density at radius 2 is 1.42 bits per heavy atom. The lowest BCUT2D eigenvalue weighted by atomic mass is 10.1. The number of halogens is 1. The molecule has 0 atom stereocenters. The van der Waals surface area contributed by atoms with Gasteiger partial charge in [0.05, 0.1) is 7.11 Å². The lowest BCUT2D eigenvalue weighted by Gasteiger charge is -2.11. The normalized spacial score (nSPS) is 10.3. The maximum atomic E-state index is 5.84. The number of hydrogen-bond donors (Lipinski definition) is 1. The van der Waals surface area contributed by atoms with Crippen LogP contribution in [0.2, 0.25) is 0 Å². The summed E-state index contributed by atoms with van der Waals surface area (Å²) in [6.07, 6.45) is 0. The van der Waals surface area contributed by atoms with Gasteiger partial charge in [-0.2, -0.15) is 0 Å². The Labute approximate surface area is 121 Å². The Kier molecular flexibility index (Phi) is 4.00. The van der Waals surface area contributed by atoms with Gasteiger partial charge in [-0.15, -0.1) is 0 Å². The van der Waals surface area contributed by atoms with Gasteiger partial charge in [0.1, 0.15) is 17.2 Å². The first-order chi connectivity index (χ1) is 8.99. The van der Waals surface area contributed by atoms with Crippen LogP contribution < -0.4 is 15.2 Å². The molecule has 0 saturated carbocycles. The number of nitrogens with two attached hydrogens (primary N) is 1. The monoisotopic (exact) mass is 321 g/mol. The predicted octanol–water partition coefficient (Wildman–Crippen LogP) is 4.45. The number of aryl methyl sites for hydroxylation is 2. The second-order valence-electron chi connectivity index (χ2n) is 4.41. The van der Waals surface area contributed by atoms with E-state index in [1.807, 2.05) is 32.0 Å². The van der Waals surface area contributed by atoms with E-state index in [9.17, 15) is 0 Å². The van der Waals surface area contributed by atoms with Crippen LogP contribution in [-0.4, -0.2) is 7.11 Å². The van der Waals surface area contributed by atoms with E-state index in [0.29, 0.717) is 17.2 Å². The van der Waals surface area contributed by atoms with E-state index in [2.05, 4.69) is 15.9 Å². The summed E-state index contributed by atoms with van der Waals surface area (Å²) in [5.41, 5.74) is 8.68. The molecular weight excluding hydrogens is 306 g/mol. The van der Waals surface area contributed by atoms with Gasteiger partial charge in [0, 0.05) is 28.4 Å². The minimum absolute atomic E-state index is 0.611. The fourth-order valence-electron chi connectivity index (χ4n) is 1.87. The fraction of sp³-hybridized carbons (Fsp3) is 0.200. The molecule has 0 aliphatic heterocycles. The highest BCUT2D eigenvalue weighted by Gasteiger charge is 2.06. The van der Waals surface area contributed by atoms with Gasteiger partial charge < -0.3 is 15.2 Å². The van der Waals surface area contributed by atoms with Crippen LogP contribution in [0.25, 0.3) is 0 Å². The van der Waals surface area contributed by atoms with Crippen LogP contribution in [0.1, 0.15) is 11.1 Å². The smallest absolute Gasteiger partial charge is 0.133 e. The molecule has 2 aromatic rings. The van der Waals surface area contributed by atoms with Crippen molar-refractivity contribution in [3.63, 3.8) is 0 Å². The molecule has 0 unspecified atom stereocenters. The van der Waals surface area contributed by atoms with Crippen molar-refractivity contribution in [2.75, 3.05) is 12.8 Å². The van der Waals surface area contributed by atoms with E-state index in [1.165, 1.54) is 0 Å². The number of methoxy groups -OCH3 is 1. The highest BCUT2D eigenvalue weighted by molar-refractivity contribution is 9.10. The summed E-state index contributed by atoms with van der Waals surface area (Å²) in [6, 6.07) is 9.29. The van der Waals surface area contributed by atoms with Crippen molar-refractivity contribution < 1.29 is 9.47 Å². The first-order valence-electron chi connectivity index (χ1n) is 5.89. The van der Waals surface area contributed by atoms with Crippen molar-refractivity contribution in [3.05, 3.63) is 45.9 Å². The number of benzene rings is 2. The van der Waals surface area contributed by atoms with E-state index in [4.69, 9.17) is 15.2 Å². The minimum atomic E-state index is 0.611. The van der Waals surface area contributed by atoms with E-state index < -0.39 is 0 Å². The summed E-state index contributed by atoms with van der Waals surface area (Å²) in [5, 5.41) is 0. The summed E-state index contributed by atoms with van der Waals surface area (Å²) >= 11 is 3.54. The summed E-state index contributed by atoms with van der Waals surface area (Å²) in [7, 11) is 1.60. The second kappa shape index (κ2) is 5.53. The fourth-order valence-corrected chi connectivity index (χ4v) is 2.10. The van der Waals surface area contributed by atoms with Crippen molar-refractivity contribution in [2.45, 2.75) is 13.8 Å². The van der Waals surface area contributed by atoms with Crippen LogP contribution in [0.3, 0.4) is 0 Å². The molecule has 0 aromatic heterocycles. The maximum absolute atomic E-state index is 5.84. The molecule has 19 heavy (non-hydrogen) atoms. The Morgan fingerprint density at radius 1 is 0.895 bits per heavy atom. The quantitative estimate of drug-likeness (QED) is 0.849. The number of hydrogen-bond acceptors (Lipinski definition) is 3. The van der Waals surface area contributed by atoms with Crippen molar-refractivity contribution in [2.24, 2.45) is 0 Å². The third-order valence-electron chi connectivity index (χ3n) is 2.78. The second-order valence-corrected chi connectivity index (χ2v) is 5.21. The van der Waals surface area contributed by atoms with Crippen LogP contribution in [0.4, 0.5) is 5.69 Å². The van der Waals surface area contributed by atoms with Crippen molar-refractivity contribution >= 4 is 21.6 Å². The molecular formula is C15H16BrNO2. The molecule has 0 heterocycles. The highest BCUT2D eigenvalue weighted by atomic mass is 79.9. The molecule has 2 N–H and O–H groups in total. The van der Waals surface area contributed by atoms with Gasteiger partial charge in [0.2, 0.25) is 0 Å².